The third-order valence-corrected chi connectivity index (χ3v) is 11.4. The largest absolute Gasteiger partial charge is 0.390 e. The number of ketones is 1. The van der Waals surface area contributed by atoms with Crippen LogP contribution in [0.2, 0.25) is 0 Å². The third-order valence-electron chi connectivity index (χ3n) is 11.4. The molecule has 0 aromatic carbocycles. The van der Waals surface area contributed by atoms with Crippen molar-refractivity contribution in [3.63, 3.8) is 0 Å². The van der Waals surface area contributed by atoms with Gasteiger partial charge in [-0.3, -0.25) is 4.79 Å². The number of aliphatic hydroxyl groups excluding tert-OH is 4. The Hall–Kier alpha value is -0.530. The minimum absolute atomic E-state index is 0.00241. The fourth-order valence-corrected chi connectivity index (χ4v) is 10.5. The number of Topliss-reactive ketones (excluding diaryl/α,β-unsaturated/α-hetero) is 1. The molecule has 5 saturated carbocycles. The highest BCUT2D eigenvalue weighted by atomic mass is 16.3. The first-order valence-corrected chi connectivity index (χ1v) is 13.2. The number of hydrogen-bond acceptors (Lipinski definition) is 6. The van der Waals surface area contributed by atoms with Crippen LogP contribution in [-0.2, 0) is 4.79 Å². The van der Waals surface area contributed by atoms with E-state index in [1.165, 1.54) is 0 Å². The monoisotopic (exact) mass is 464 g/mol. The third kappa shape index (κ3) is 3.06. The molecule has 0 saturated heterocycles. The Bertz CT molecular complexity index is 814. The molecule has 33 heavy (non-hydrogen) atoms. The summed E-state index contributed by atoms with van der Waals surface area (Å²) in [4.78, 5) is 14.2. The van der Waals surface area contributed by atoms with Crippen LogP contribution in [0.15, 0.2) is 0 Å². The van der Waals surface area contributed by atoms with E-state index in [4.69, 9.17) is 0 Å². The first-order chi connectivity index (χ1) is 15.3. The van der Waals surface area contributed by atoms with Crippen molar-refractivity contribution < 1.29 is 30.3 Å². The first kappa shape index (κ1) is 24.2. The Kier molecular flexibility index (Phi) is 5.49. The van der Waals surface area contributed by atoms with Gasteiger partial charge in [0.25, 0.3) is 0 Å². The molecule has 5 aliphatic rings. The summed E-state index contributed by atoms with van der Waals surface area (Å²) in [6.07, 6.45) is -0.202. The maximum atomic E-state index is 14.2. The number of hydrogen-bond donors (Lipinski definition) is 5. The molecular formula is C27H44O6. The molecule has 0 aliphatic heterocycles. The number of carbonyl (C=O) groups excluding carboxylic acids is 1. The molecular weight excluding hydrogens is 420 g/mol. The van der Waals surface area contributed by atoms with Crippen LogP contribution in [0.5, 0.6) is 0 Å². The zero-order valence-electron chi connectivity index (χ0n) is 20.8. The van der Waals surface area contributed by atoms with E-state index in [9.17, 15) is 30.3 Å². The van der Waals surface area contributed by atoms with E-state index in [0.717, 1.165) is 12.8 Å². The van der Waals surface area contributed by atoms with Gasteiger partial charge in [0.1, 0.15) is 5.78 Å². The summed E-state index contributed by atoms with van der Waals surface area (Å²) in [6, 6.07) is 0. The van der Waals surface area contributed by atoms with E-state index in [2.05, 4.69) is 34.6 Å². The van der Waals surface area contributed by atoms with Gasteiger partial charge in [0.05, 0.1) is 35.9 Å². The van der Waals surface area contributed by atoms with E-state index in [-0.39, 0.29) is 59.0 Å². The molecule has 0 bridgehead atoms. The van der Waals surface area contributed by atoms with Crippen molar-refractivity contribution in [2.45, 2.75) is 103 Å². The smallest absolute Gasteiger partial charge is 0.143 e. The van der Waals surface area contributed by atoms with Gasteiger partial charge < -0.3 is 25.5 Å². The zero-order chi connectivity index (χ0) is 24.2. The van der Waals surface area contributed by atoms with Crippen LogP contribution in [-0.4, -0.2) is 61.3 Å². The van der Waals surface area contributed by atoms with E-state index >= 15 is 0 Å². The second kappa shape index (κ2) is 7.49. The fraction of sp³-hybridized carbons (Fsp3) is 0.963. The molecule has 0 spiro atoms. The molecule has 0 amide bonds. The summed E-state index contributed by atoms with van der Waals surface area (Å²) in [5.41, 5.74) is -1.75. The minimum Gasteiger partial charge on any atom is -0.390 e. The topological polar surface area (TPSA) is 118 Å². The molecule has 5 aliphatic carbocycles. The normalized spacial score (nSPS) is 60.3. The summed E-state index contributed by atoms with van der Waals surface area (Å²) >= 11 is 0. The number of rotatable bonds is 2. The Morgan fingerprint density at radius 1 is 0.939 bits per heavy atom. The lowest BCUT2D eigenvalue weighted by atomic mass is 9.42. The molecule has 5 rings (SSSR count). The van der Waals surface area contributed by atoms with E-state index in [0.29, 0.717) is 19.3 Å². The zero-order valence-corrected chi connectivity index (χ0v) is 20.8. The SMILES string of the molecule is CC(C)C[C@@]1(O)C[C@@H](C)C2C1C(=O)C1C3C(CC[C@@]12C)[C@@]1(C)C[C@H](O)[C@@H](O)CC1[C@@H](O)[C@@H]3O. The highest BCUT2D eigenvalue weighted by molar-refractivity contribution is 5.89. The maximum Gasteiger partial charge on any atom is 0.143 e. The average molecular weight is 465 g/mol. The summed E-state index contributed by atoms with van der Waals surface area (Å²) < 4.78 is 0. The quantitative estimate of drug-likeness (QED) is 0.427. The van der Waals surface area contributed by atoms with Crippen LogP contribution in [0.4, 0.5) is 0 Å². The van der Waals surface area contributed by atoms with Gasteiger partial charge in [0.15, 0.2) is 0 Å². The molecule has 5 fully saturated rings. The molecule has 6 heteroatoms. The summed E-state index contributed by atoms with van der Waals surface area (Å²) in [6.45, 7) is 10.6. The molecule has 188 valence electrons. The molecule has 6 unspecified atom stereocenters. The first-order valence-electron chi connectivity index (χ1n) is 13.2. The van der Waals surface area contributed by atoms with Gasteiger partial charge in [-0.05, 0) is 78.9 Å². The lowest BCUT2D eigenvalue weighted by Gasteiger charge is -2.63. The van der Waals surface area contributed by atoms with E-state index < -0.39 is 41.3 Å². The highest BCUT2D eigenvalue weighted by Gasteiger charge is 2.74. The number of aliphatic hydroxyl groups is 5. The minimum atomic E-state index is -1.03. The molecule has 5 N–H and O–H groups in total. The van der Waals surface area contributed by atoms with Crippen LogP contribution in [0.3, 0.4) is 0 Å². The fourth-order valence-electron chi connectivity index (χ4n) is 10.5. The maximum absolute atomic E-state index is 14.2. The average Bonchev–Trinajstić information content (AvgIpc) is 3.11. The van der Waals surface area contributed by atoms with Crippen LogP contribution >= 0.6 is 0 Å². The summed E-state index contributed by atoms with van der Waals surface area (Å²) in [5, 5.41) is 55.3. The van der Waals surface area contributed by atoms with Crippen LogP contribution in [0.25, 0.3) is 0 Å². The molecule has 0 radical (unpaired) electrons. The second-order valence-electron chi connectivity index (χ2n) is 13.7. The van der Waals surface area contributed by atoms with E-state index in [1.54, 1.807) is 0 Å². The van der Waals surface area contributed by atoms with Gasteiger partial charge in [0, 0.05) is 11.8 Å². The van der Waals surface area contributed by atoms with Gasteiger partial charge in [-0.25, -0.2) is 0 Å². The standard InChI is InChI=1S/C27H44O6/c1-12(2)9-27(33)10-13(3)19-21(27)24(32)20-18-14(6-7-25(19,20)4)26(5)11-17(29)16(28)8-15(26)22(30)23(18)31/h12-23,28-31,33H,6-11H2,1-5H3/t13-,14?,15?,16+,17+,18?,19?,20?,21?,22-,23-,25-,26-,27-/m1/s1. The number of fused-ring (bicyclic) bond motifs is 7. The summed E-state index contributed by atoms with van der Waals surface area (Å²) in [5.74, 6) is -0.777. The predicted molar refractivity (Wildman–Crippen MR) is 123 cm³/mol. The van der Waals surface area contributed by atoms with Crippen molar-refractivity contribution in [3.05, 3.63) is 0 Å². The Labute approximate surface area is 197 Å². The summed E-state index contributed by atoms with van der Waals surface area (Å²) in [7, 11) is 0. The van der Waals surface area contributed by atoms with Gasteiger partial charge in [0.2, 0.25) is 0 Å². The predicted octanol–water partition coefficient (Wildman–Crippen LogP) is 2.14. The van der Waals surface area contributed by atoms with Gasteiger partial charge in [-0.1, -0.05) is 34.6 Å². The van der Waals surface area contributed by atoms with Crippen LogP contribution in [0.1, 0.15) is 73.1 Å². The van der Waals surface area contributed by atoms with Gasteiger partial charge in [-0.15, -0.1) is 0 Å². The Balaban J connectivity index is 1.56. The van der Waals surface area contributed by atoms with Crippen molar-refractivity contribution in [2.75, 3.05) is 0 Å². The van der Waals surface area contributed by atoms with Crippen molar-refractivity contribution in [1.29, 1.82) is 0 Å². The van der Waals surface area contributed by atoms with E-state index in [1.807, 2.05) is 0 Å². The lowest BCUT2D eigenvalue weighted by molar-refractivity contribution is -0.235. The highest BCUT2D eigenvalue weighted by Crippen LogP contribution is 2.71. The molecule has 14 atom stereocenters. The molecule has 0 aromatic heterocycles. The van der Waals surface area contributed by atoms with Crippen molar-refractivity contribution in [3.8, 4) is 0 Å². The lowest BCUT2D eigenvalue weighted by Crippen LogP contribution is -2.66. The molecule has 0 heterocycles. The molecule has 6 nitrogen and oxygen atoms in total. The van der Waals surface area contributed by atoms with Crippen molar-refractivity contribution in [1.82, 2.24) is 0 Å². The second-order valence-corrected chi connectivity index (χ2v) is 13.7. The Morgan fingerprint density at radius 3 is 2.24 bits per heavy atom. The molecule has 0 aromatic rings. The van der Waals surface area contributed by atoms with Gasteiger partial charge >= 0.3 is 0 Å². The van der Waals surface area contributed by atoms with Gasteiger partial charge in [-0.2, -0.15) is 0 Å². The van der Waals surface area contributed by atoms with Crippen molar-refractivity contribution in [2.24, 2.45) is 58.2 Å². The van der Waals surface area contributed by atoms with Crippen LogP contribution in [0, 0.1) is 58.2 Å². The Morgan fingerprint density at radius 2 is 1.61 bits per heavy atom. The van der Waals surface area contributed by atoms with Crippen molar-refractivity contribution >= 4 is 5.78 Å². The van der Waals surface area contributed by atoms with Crippen LogP contribution < -0.4 is 0 Å². The number of carbonyl (C=O) groups is 1.